The van der Waals surface area contributed by atoms with Gasteiger partial charge in [0.1, 0.15) is 12.7 Å². The minimum Gasteiger partial charge on any atom is -0.462 e. The summed E-state index contributed by atoms with van der Waals surface area (Å²) in [5.41, 5.74) is 5.89. The molecule has 2 atom stereocenters. The Balaban J connectivity index is 3.18. The van der Waals surface area contributed by atoms with Crippen LogP contribution in [0.1, 0.15) is 101 Å². The number of carbonyl (C=O) groups is 3. The van der Waals surface area contributed by atoms with Gasteiger partial charge in [-0.2, -0.15) is 0 Å². The van der Waals surface area contributed by atoms with Gasteiger partial charge < -0.3 is 14.6 Å². The molecular formula is C39H54O6. The van der Waals surface area contributed by atoms with E-state index >= 15 is 0 Å². The fourth-order valence-corrected chi connectivity index (χ4v) is 5.06. The van der Waals surface area contributed by atoms with Crippen LogP contribution in [0.2, 0.25) is 0 Å². The van der Waals surface area contributed by atoms with Gasteiger partial charge in [-0.15, -0.1) is 5.73 Å². The Kier molecular flexibility index (Phi) is 17.1. The summed E-state index contributed by atoms with van der Waals surface area (Å²) in [6.45, 7) is 16.6. The third-order valence-electron chi connectivity index (χ3n) is 7.46. The Hall–Kier alpha value is -3.73. The lowest BCUT2D eigenvalue weighted by molar-refractivity contribution is -0.152. The Morgan fingerprint density at radius 1 is 0.867 bits per heavy atom. The van der Waals surface area contributed by atoms with E-state index in [1.54, 1.807) is 32.9 Å². The number of hydrogen-bond acceptors (Lipinski definition) is 6. The maximum absolute atomic E-state index is 12.3. The third kappa shape index (κ3) is 16.2. The zero-order chi connectivity index (χ0) is 34.0. The van der Waals surface area contributed by atoms with Crippen LogP contribution in [-0.4, -0.2) is 41.1 Å². The number of unbranched alkanes of at least 4 members (excludes halogenated alkanes) is 2. The highest BCUT2D eigenvalue weighted by molar-refractivity contribution is 5.92. The summed E-state index contributed by atoms with van der Waals surface area (Å²) in [6.07, 6.45) is 24.7. The van der Waals surface area contributed by atoms with Crippen LogP contribution < -0.4 is 0 Å². The van der Waals surface area contributed by atoms with Crippen LogP contribution in [0.25, 0.3) is 0 Å². The van der Waals surface area contributed by atoms with Crippen LogP contribution in [-0.2, 0) is 23.9 Å². The van der Waals surface area contributed by atoms with E-state index in [0.29, 0.717) is 24.0 Å². The topological polar surface area (TPSA) is 89.9 Å². The number of aliphatic hydroxyl groups is 1. The number of hydrogen-bond donors (Lipinski definition) is 1. The lowest BCUT2D eigenvalue weighted by Crippen LogP contribution is -2.46. The maximum Gasteiger partial charge on any atom is 0.306 e. The lowest BCUT2D eigenvalue weighted by atomic mass is 9.65. The standard InChI is InChI=1S/C39H54O6/c1-10-11-12-23-37(42)44-28-34(24-25-36-38(7,8)26-35(45-33(6)41)27-39(36,9)43)22-16-20-30(3)18-14-13-17-29(2)19-15-21-31(4)32(5)40/h13-22,24,35,43H,10-12,23,26-28H2,1-9H3/b14-13+,19-15+,20-16+,29-17+,30-18+,31-21+,34-22-/t25?,35-,39+/m0/s1. The molecule has 45 heavy (non-hydrogen) atoms. The molecule has 0 amide bonds. The number of allylic oxidation sites excluding steroid dienone is 13. The summed E-state index contributed by atoms with van der Waals surface area (Å²) in [7, 11) is 0. The summed E-state index contributed by atoms with van der Waals surface area (Å²) in [5, 5.41) is 11.3. The van der Waals surface area contributed by atoms with Gasteiger partial charge in [0.2, 0.25) is 0 Å². The summed E-state index contributed by atoms with van der Waals surface area (Å²) >= 11 is 0. The molecule has 0 bridgehead atoms. The van der Waals surface area contributed by atoms with Gasteiger partial charge in [-0.1, -0.05) is 106 Å². The predicted molar refractivity (Wildman–Crippen MR) is 183 cm³/mol. The van der Waals surface area contributed by atoms with Gasteiger partial charge in [0.15, 0.2) is 5.78 Å². The largest absolute Gasteiger partial charge is 0.462 e. The normalized spacial score (nSPS) is 21.4. The molecule has 1 saturated carbocycles. The van der Waals surface area contributed by atoms with Crippen molar-refractivity contribution in [3.8, 4) is 0 Å². The van der Waals surface area contributed by atoms with Crippen molar-refractivity contribution in [3.05, 3.63) is 100 Å². The molecule has 0 aliphatic heterocycles. The van der Waals surface area contributed by atoms with Gasteiger partial charge in [-0.25, -0.2) is 0 Å². The average Bonchev–Trinajstić information content (AvgIpc) is 2.92. The third-order valence-corrected chi connectivity index (χ3v) is 7.46. The van der Waals surface area contributed by atoms with E-state index in [0.717, 1.165) is 36.0 Å². The smallest absolute Gasteiger partial charge is 0.306 e. The Bertz CT molecular complexity index is 1300. The molecule has 0 aromatic carbocycles. The number of esters is 2. The molecule has 1 fully saturated rings. The summed E-state index contributed by atoms with van der Waals surface area (Å²) in [4.78, 5) is 35.2. The summed E-state index contributed by atoms with van der Waals surface area (Å²) < 4.78 is 11.0. The summed E-state index contributed by atoms with van der Waals surface area (Å²) in [6, 6.07) is 0. The van der Waals surface area contributed by atoms with Crippen molar-refractivity contribution in [3.63, 3.8) is 0 Å². The molecule has 1 aliphatic rings. The van der Waals surface area contributed by atoms with Crippen molar-refractivity contribution >= 4 is 17.7 Å². The molecule has 0 heterocycles. The predicted octanol–water partition coefficient (Wildman–Crippen LogP) is 8.72. The first kappa shape index (κ1) is 39.3. The average molecular weight is 619 g/mol. The molecule has 0 radical (unpaired) electrons. The second-order valence-electron chi connectivity index (χ2n) is 12.7. The fraction of sp³-hybridized carbons (Fsp3) is 0.487. The van der Waals surface area contributed by atoms with Gasteiger partial charge >= 0.3 is 11.9 Å². The van der Waals surface area contributed by atoms with Crippen molar-refractivity contribution in [1.29, 1.82) is 0 Å². The molecule has 0 saturated heterocycles. The van der Waals surface area contributed by atoms with Gasteiger partial charge in [0, 0.05) is 25.3 Å². The molecule has 0 aromatic heterocycles. The quantitative estimate of drug-likeness (QED) is 0.0649. The molecular weight excluding hydrogens is 564 g/mol. The van der Waals surface area contributed by atoms with Crippen molar-refractivity contribution < 1.29 is 29.0 Å². The highest BCUT2D eigenvalue weighted by Gasteiger charge is 2.46. The number of ether oxygens (including phenoxy) is 2. The summed E-state index contributed by atoms with van der Waals surface area (Å²) in [5.74, 6) is -0.538. The first-order valence-corrected chi connectivity index (χ1v) is 15.8. The van der Waals surface area contributed by atoms with E-state index in [2.05, 4.69) is 12.7 Å². The zero-order valence-electron chi connectivity index (χ0n) is 28.9. The molecule has 6 nitrogen and oxygen atoms in total. The van der Waals surface area contributed by atoms with E-state index in [-0.39, 0.29) is 36.9 Å². The van der Waals surface area contributed by atoms with Crippen molar-refractivity contribution in [1.82, 2.24) is 0 Å². The van der Waals surface area contributed by atoms with Gasteiger partial charge in [0.25, 0.3) is 0 Å². The second kappa shape index (κ2) is 19.6. The van der Waals surface area contributed by atoms with Crippen LogP contribution in [0.4, 0.5) is 0 Å². The molecule has 1 rings (SSSR count). The van der Waals surface area contributed by atoms with Gasteiger partial charge in [-0.05, 0) is 70.1 Å². The zero-order valence-corrected chi connectivity index (χ0v) is 28.9. The minimum absolute atomic E-state index is 0.0605. The van der Waals surface area contributed by atoms with Crippen LogP contribution in [0.5, 0.6) is 0 Å². The Morgan fingerprint density at radius 3 is 2.00 bits per heavy atom. The van der Waals surface area contributed by atoms with Crippen molar-refractivity contribution in [2.45, 2.75) is 113 Å². The van der Waals surface area contributed by atoms with Crippen LogP contribution in [0.3, 0.4) is 0 Å². The number of ketones is 1. The highest BCUT2D eigenvalue weighted by atomic mass is 16.5. The molecule has 0 aromatic rings. The fourth-order valence-electron chi connectivity index (χ4n) is 5.06. The number of rotatable bonds is 15. The minimum atomic E-state index is -1.21. The Morgan fingerprint density at radius 2 is 1.47 bits per heavy atom. The molecule has 0 spiro atoms. The number of Topliss-reactive ketones (excluding diaryl/α,β-unsaturated/α-hetero) is 1. The second-order valence-corrected chi connectivity index (χ2v) is 12.7. The molecule has 1 aliphatic carbocycles. The van der Waals surface area contributed by atoms with Crippen molar-refractivity contribution in [2.24, 2.45) is 5.41 Å². The first-order chi connectivity index (χ1) is 21.1. The van der Waals surface area contributed by atoms with E-state index < -0.39 is 11.0 Å². The first-order valence-electron chi connectivity index (χ1n) is 15.8. The number of carbonyl (C=O) groups excluding carboxylic acids is 3. The van der Waals surface area contributed by atoms with Gasteiger partial charge in [0.05, 0.1) is 5.60 Å². The van der Waals surface area contributed by atoms with E-state index in [1.165, 1.54) is 6.92 Å². The van der Waals surface area contributed by atoms with Crippen molar-refractivity contribution in [2.75, 3.05) is 6.61 Å². The Labute approximate surface area is 271 Å². The highest BCUT2D eigenvalue weighted by Crippen LogP contribution is 2.46. The SMILES string of the molecule is CCCCCC(=O)OC\C(C=C=C1C(C)(C)C[C@H](OC(C)=O)C[C@@]1(C)O)=C/C=C/C(C)=C/C=C/C=C(C)/C=C/C=C(\C)C(C)=O. The molecule has 246 valence electrons. The van der Waals surface area contributed by atoms with E-state index in [1.807, 2.05) is 82.4 Å². The molecule has 6 heteroatoms. The van der Waals surface area contributed by atoms with E-state index in [4.69, 9.17) is 9.47 Å². The molecule has 0 unspecified atom stereocenters. The van der Waals surface area contributed by atoms with Crippen LogP contribution in [0.15, 0.2) is 100 Å². The van der Waals surface area contributed by atoms with Crippen LogP contribution in [0, 0.1) is 5.41 Å². The van der Waals surface area contributed by atoms with Crippen LogP contribution >= 0.6 is 0 Å². The lowest BCUT2D eigenvalue weighted by Gasteiger charge is -2.44. The van der Waals surface area contributed by atoms with E-state index in [9.17, 15) is 19.5 Å². The molecule has 1 N–H and O–H groups in total. The van der Waals surface area contributed by atoms with Gasteiger partial charge in [-0.3, -0.25) is 14.4 Å². The maximum atomic E-state index is 12.3. The monoisotopic (exact) mass is 618 g/mol.